The third kappa shape index (κ3) is 4.92. The van der Waals surface area contributed by atoms with Gasteiger partial charge in [-0.2, -0.15) is 15.0 Å². The van der Waals surface area contributed by atoms with Gasteiger partial charge in [0.05, 0.1) is 33.5 Å². The minimum Gasteiger partial charge on any atom is -0.497 e. The highest BCUT2D eigenvalue weighted by molar-refractivity contribution is 5.85. The Morgan fingerprint density at radius 2 is 1.46 bits per heavy atom. The molecule has 0 radical (unpaired) electrons. The third-order valence-electron chi connectivity index (χ3n) is 4.53. The van der Waals surface area contributed by atoms with E-state index in [4.69, 9.17) is 19.2 Å². The van der Waals surface area contributed by atoms with Gasteiger partial charge in [-0.25, -0.2) is 0 Å². The minimum absolute atomic E-state index is 0. The Morgan fingerprint density at radius 3 is 2.00 bits per heavy atom. The molecule has 2 aromatic rings. The van der Waals surface area contributed by atoms with Crippen molar-refractivity contribution >= 4 is 35.9 Å². The highest BCUT2D eigenvalue weighted by atomic mass is 35.5. The number of benzene rings is 1. The van der Waals surface area contributed by atoms with E-state index in [1.807, 2.05) is 24.3 Å². The van der Waals surface area contributed by atoms with Gasteiger partial charge >= 0.3 is 0 Å². The Hall–Kier alpha value is -2.36. The predicted octanol–water partition coefficient (Wildman–Crippen LogP) is 1.72. The fourth-order valence-electron chi connectivity index (χ4n) is 3.05. The van der Waals surface area contributed by atoms with E-state index in [1.165, 1.54) is 0 Å². The number of aromatic nitrogens is 3. The summed E-state index contributed by atoms with van der Waals surface area (Å²) < 4.78 is 16.2. The van der Waals surface area contributed by atoms with Gasteiger partial charge in [0, 0.05) is 37.9 Å². The van der Waals surface area contributed by atoms with Gasteiger partial charge in [-0.1, -0.05) is 6.07 Å². The average molecular weight is 409 g/mol. The summed E-state index contributed by atoms with van der Waals surface area (Å²) in [4.78, 5) is 18.3. The summed E-state index contributed by atoms with van der Waals surface area (Å²) in [5.74, 6) is 2.62. The van der Waals surface area contributed by atoms with E-state index in [9.17, 15) is 0 Å². The van der Waals surface area contributed by atoms with E-state index < -0.39 is 0 Å². The lowest BCUT2D eigenvalue weighted by molar-refractivity contribution is 0.121. The van der Waals surface area contributed by atoms with E-state index in [0.717, 1.165) is 37.6 Å². The maximum absolute atomic E-state index is 5.45. The molecule has 0 aliphatic carbocycles. The van der Waals surface area contributed by atoms with Crippen LogP contribution in [-0.2, 0) is 9.47 Å². The molecule has 2 saturated heterocycles. The number of methoxy groups -OCH3 is 1. The number of morpholine rings is 2. The van der Waals surface area contributed by atoms with Crippen LogP contribution in [0.5, 0.6) is 5.75 Å². The van der Waals surface area contributed by atoms with Gasteiger partial charge < -0.3 is 29.3 Å². The normalized spacial score (nSPS) is 17.0. The van der Waals surface area contributed by atoms with Crippen molar-refractivity contribution in [2.24, 2.45) is 0 Å². The standard InChI is InChI=1S/C18H24N6O3.ClH/c1-25-15-4-2-3-14(13-15)19-16-20-17(23-5-9-26-10-6-23)22-18(21-16)24-7-11-27-12-8-24;/h2-4,13H,5-12H2,1H3,(H,19,20,21,22);1H. The van der Waals surface area contributed by atoms with E-state index in [-0.39, 0.29) is 12.4 Å². The zero-order chi connectivity index (χ0) is 18.5. The van der Waals surface area contributed by atoms with Crippen molar-refractivity contribution in [2.45, 2.75) is 0 Å². The zero-order valence-electron chi connectivity index (χ0n) is 15.8. The summed E-state index contributed by atoms with van der Waals surface area (Å²) in [6.45, 7) is 5.79. The molecular formula is C18H25ClN6O3. The molecule has 152 valence electrons. The Bertz CT molecular complexity index is 732. The van der Waals surface area contributed by atoms with Crippen LogP contribution in [0.4, 0.5) is 23.5 Å². The zero-order valence-corrected chi connectivity index (χ0v) is 16.7. The largest absolute Gasteiger partial charge is 0.497 e. The maximum atomic E-state index is 5.45. The molecule has 4 rings (SSSR count). The fourth-order valence-corrected chi connectivity index (χ4v) is 3.05. The van der Waals surface area contributed by atoms with Crippen LogP contribution >= 0.6 is 12.4 Å². The summed E-state index contributed by atoms with van der Waals surface area (Å²) in [6, 6.07) is 7.69. The molecule has 10 heteroatoms. The van der Waals surface area contributed by atoms with E-state index >= 15 is 0 Å². The number of hydrogen-bond donors (Lipinski definition) is 1. The molecule has 1 aromatic carbocycles. The van der Waals surface area contributed by atoms with Crippen LogP contribution in [0, 0.1) is 0 Å². The number of ether oxygens (including phenoxy) is 3. The summed E-state index contributed by atoms with van der Waals surface area (Å²) >= 11 is 0. The van der Waals surface area contributed by atoms with Gasteiger partial charge in [-0.05, 0) is 12.1 Å². The highest BCUT2D eigenvalue weighted by Crippen LogP contribution is 2.23. The smallest absolute Gasteiger partial charge is 0.233 e. The van der Waals surface area contributed by atoms with Gasteiger partial charge in [-0.3, -0.25) is 0 Å². The van der Waals surface area contributed by atoms with Gasteiger partial charge in [0.25, 0.3) is 0 Å². The number of nitrogens with zero attached hydrogens (tertiary/aromatic N) is 5. The summed E-state index contributed by atoms with van der Waals surface area (Å²) in [5, 5.41) is 3.28. The molecule has 0 unspecified atom stereocenters. The monoisotopic (exact) mass is 408 g/mol. The topological polar surface area (TPSA) is 84.9 Å². The Morgan fingerprint density at radius 1 is 0.893 bits per heavy atom. The van der Waals surface area contributed by atoms with Gasteiger partial charge in [0.15, 0.2) is 0 Å². The lowest BCUT2D eigenvalue weighted by Crippen LogP contribution is -2.40. The molecule has 2 aliphatic rings. The Labute approximate surface area is 170 Å². The molecule has 0 amide bonds. The van der Waals surface area contributed by atoms with Crippen LogP contribution in [0.2, 0.25) is 0 Å². The summed E-state index contributed by atoms with van der Waals surface area (Å²) in [6.07, 6.45) is 0. The van der Waals surface area contributed by atoms with Crippen LogP contribution in [0.1, 0.15) is 0 Å². The first-order valence-corrected chi connectivity index (χ1v) is 9.14. The van der Waals surface area contributed by atoms with E-state index in [0.29, 0.717) is 44.3 Å². The van der Waals surface area contributed by atoms with Crippen LogP contribution in [0.15, 0.2) is 24.3 Å². The number of rotatable bonds is 5. The summed E-state index contributed by atoms with van der Waals surface area (Å²) in [7, 11) is 1.65. The lowest BCUT2D eigenvalue weighted by atomic mass is 10.3. The molecule has 1 N–H and O–H groups in total. The molecule has 2 fully saturated rings. The van der Waals surface area contributed by atoms with Crippen molar-refractivity contribution in [1.29, 1.82) is 0 Å². The molecule has 0 bridgehead atoms. The van der Waals surface area contributed by atoms with E-state index in [2.05, 4.69) is 25.1 Å². The molecule has 9 nitrogen and oxygen atoms in total. The van der Waals surface area contributed by atoms with Crippen molar-refractivity contribution in [3.63, 3.8) is 0 Å². The first-order chi connectivity index (χ1) is 13.3. The molecule has 0 atom stereocenters. The molecule has 2 aliphatic heterocycles. The molecular weight excluding hydrogens is 384 g/mol. The second-order valence-corrected chi connectivity index (χ2v) is 6.31. The van der Waals surface area contributed by atoms with Gasteiger partial charge in [0.1, 0.15) is 5.75 Å². The van der Waals surface area contributed by atoms with Gasteiger partial charge in [0.2, 0.25) is 17.8 Å². The predicted molar refractivity (Wildman–Crippen MR) is 109 cm³/mol. The second-order valence-electron chi connectivity index (χ2n) is 6.31. The first kappa shape index (κ1) is 20.4. The highest BCUT2D eigenvalue weighted by Gasteiger charge is 2.20. The molecule has 3 heterocycles. The van der Waals surface area contributed by atoms with Crippen molar-refractivity contribution in [3.05, 3.63) is 24.3 Å². The van der Waals surface area contributed by atoms with Crippen molar-refractivity contribution in [2.75, 3.05) is 74.8 Å². The second kappa shape index (κ2) is 9.72. The number of nitrogens with one attached hydrogen (secondary N) is 1. The minimum atomic E-state index is 0. The van der Waals surface area contributed by atoms with Crippen molar-refractivity contribution in [3.8, 4) is 5.75 Å². The number of halogens is 1. The molecule has 0 saturated carbocycles. The number of anilines is 4. The fraction of sp³-hybridized carbons (Fsp3) is 0.500. The molecule has 28 heavy (non-hydrogen) atoms. The molecule has 0 spiro atoms. The average Bonchev–Trinajstić information content (AvgIpc) is 2.75. The first-order valence-electron chi connectivity index (χ1n) is 9.14. The maximum Gasteiger partial charge on any atom is 0.233 e. The van der Waals surface area contributed by atoms with Crippen molar-refractivity contribution in [1.82, 2.24) is 15.0 Å². The SMILES string of the molecule is COc1cccc(Nc2nc(N3CCOCC3)nc(N3CCOCC3)n2)c1.Cl. The van der Waals surface area contributed by atoms with Crippen molar-refractivity contribution < 1.29 is 14.2 Å². The van der Waals surface area contributed by atoms with Crippen LogP contribution in [0.25, 0.3) is 0 Å². The third-order valence-corrected chi connectivity index (χ3v) is 4.53. The summed E-state index contributed by atoms with van der Waals surface area (Å²) in [5.41, 5.74) is 0.862. The van der Waals surface area contributed by atoms with E-state index in [1.54, 1.807) is 7.11 Å². The quantitative estimate of drug-likeness (QED) is 0.794. The van der Waals surface area contributed by atoms with Gasteiger partial charge in [-0.15, -0.1) is 12.4 Å². The molecule has 1 aromatic heterocycles. The van der Waals surface area contributed by atoms with Crippen LogP contribution in [-0.4, -0.2) is 74.7 Å². The Balaban J connectivity index is 0.00000225. The van der Waals surface area contributed by atoms with Crippen LogP contribution < -0.4 is 19.9 Å². The Kier molecular flexibility index (Phi) is 7.07. The van der Waals surface area contributed by atoms with Crippen LogP contribution in [0.3, 0.4) is 0 Å². The lowest BCUT2D eigenvalue weighted by Gasteiger charge is -2.30. The number of hydrogen-bond acceptors (Lipinski definition) is 9.